The molecule has 1 aliphatic carbocycles. The number of hydrogen-bond acceptors (Lipinski definition) is 5. The topological polar surface area (TPSA) is 64.6 Å². The van der Waals surface area contributed by atoms with Gasteiger partial charge in [0.05, 0.1) is 12.7 Å². The SMILES string of the molecule is COC(=O)c1c(NC(=O)[C@@H](C)Oc2cccc(C)c2)sc2c1CCCC2. The van der Waals surface area contributed by atoms with Crippen LogP contribution >= 0.6 is 11.3 Å². The summed E-state index contributed by atoms with van der Waals surface area (Å²) in [7, 11) is 1.37. The zero-order valence-corrected chi connectivity index (χ0v) is 16.1. The molecule has 0 spiro atoms. The number of carbonyl (C=O) groups excluding carboxylic acids is 2. The zero-order chi connectivity index (χ0) is 18.7. The van der Waals surface area contributed by atoms with Gasteiger partial charge in [-0.3, -0.25) is 4.79 Å². The summed E-state index contributed by atoms with van der Waals surface area (Å²) < 4.78 is 10.7. The number of ether oxygens (including phenoxy) is 2. The number of methoxy groups -OCH3 is 1. The van der Waals surface area contributed by atoms with Crippen LogP contribution in [0.15, 0.2) is 24.3 Å². The minimum Gasteiger partial charge on any atom is -0.481 e. The van der Waals surface area contributed by atoms with Crippen molar-refractivity contribution in [2.75, 3.05) is 12.4 Å². The summed E-state index contributed by atoms with van der Waals surface area (Å²) in [6, 6.07) is 7.56. The van der Waals surface area contributed by atoms with Gasteiger partial charge in [0, 0.05) is 4.88 Å². The average molecular weight is 373 g/mol. The molecule has 0 fully saturated rings. The molecule has 0 unspecified atom stereocenters. The Morgan fingerprint density at radius 2 is 2.00 bits per heavy atom. The predicted molar refractivity (Wildman–Crippen MR) is 102 cm³/mol. The Kier molecular flexibility index (Phi) is 5.61. The van der Waals surface area contributed by atoms with Crippen LogP contribution in [0.1, 0.15) is 46.1 Å². The maximum Gasteiger partial charge on any atom is 0.341 e. The van der Waals surface area contributed by atoms with Crippen LogP contribution in [0.2, 0.25) is 0 Å². The van der Waals surface area contributed by atoms with E-state index in [1.54, 1.807) is 6.92 Å². The molecule has 0 radical (unpaired) electrons. The van der Waals surface area contributed by atoms with Crippen LogP contribution in [-0.4, -0.2) is 25.1 Å². The van der Waals surface area contributed by atoms with E-state index in [1.807, 2.05) is 31.2 Å². The molecule has 1 N–H and O–H groups in total. The number of fused-ring (bicyclic) bond motifs is 1. The smallest absolute Gasteiger partial charge is 0.341 e. The van der Waals surface area contributed by atoms with Crippen molar-refractivity contribution in [3.63, 3.8) is 0 Å². The number of esters is 1. The van der Waals surface area contributed by atoms with Crippen molar-refractivity contribution in [3.05, 3.63) is 45.8 Å². The molecule has 1 atom stereocenters. The zero-order valence-electron chi connectivity index (χ0n) is 15.3. The van der Waals surface area contributed by atoms with Crippen molar-refractivity contribution in [2.24, 2.45) is 0 Å². The van der Waals surface area contributed by atoms with E-state index in [1.165, 1.54) is 23.3 Å². The van der Waals surface area contributed by atoms with Crippen molar-refractivity contribution in [2.45, 2.75) is 45.6 Å². The van der Waals surface area contributed by atoms with E-state index >= 15 is 0 Å². The van der Waals surface area contributed by atoms with Crippen LogP contribution in [0.5, 0.6) is 5.75 Å². The van der Waals surface area contributed by atoms with E-state index in [4.69, 9.17) is 9.47 Å². The van der Waals surface area contributed by atoms with Gasteiger partial charge in [-0.05, 0) is 62.8 Å². The average Bonchev–Trinajstić information content (AvgIpc) is 2.98. The first-order chi connectivity index (χ1) is 12.5. The molecule has 26 heavy (non-hydrogen) atoms. The summed E-state index contributed by atoms with van der Waals surface area (Å²) in [6.45, 7) is 3.67. The second-order valence-corrected chi connectivity index (χ2v) is 7.58. The number of nitrogens with one attached hydrogen (secondary N) is 1. The Morgan fingerprint density at radius 1 is 1.23 bits per heavy atom. The van der Waals surface area contributed by atoms with E-state index < -0.39 is 12.1 Å². The standard InChI is InChI=1S/C20H23NO4S/c1-12-7-6-8-14(11-12)25-13(2)18(22)21-19-17(20(23)24-3)15-9-4-5-10-16(15)26-19/h6-8,11,13H,4-5,9-10H2,1-3H3,(H,21,22)/t13-/m1/s1. The lowest BCUT2D eigenvalue weighted by molar-refractivity contribution is -0.122. The van der Waals surface area contributed by atoms with Crippen LogP contribution < -0.4 is 10.1 Å². The van der Waals surface area contributed by atoms with Gasteiger partial charge < -0.3 is 14.8 Å². The molecule has 0 saturated heterocycles. The monoisotopic (exact) mass is 373 g/mol. The third kappa shape index (κ3) is 3.90. The number of carbonyl (C=O) groups is 2. The molecule has 1 amide bonds. The first-order valence-electron chi connectivity index (χ1n) is 8.76. The highest BCUT2D eigenvalue weighted by atomic mass is 32.1. The fourth-order valence-electron chi connectivity index (χ4n) is 3.13. The van der Waals surface area contributed by atoms with Crippen LogP contribution in [-0.2, 0) is 22.4 Å². The molecular formula is C20H23NO4S. The summed E-state index contributed by atoms with van der Waals surface area (Å²) in [6.07, 6.45) is 3.26. The molecule has 0 aliphatic heterocycles. The van der Waals surface area contributed by atoms with Crippen molar-refractivity contribution in [1.29, 1.82) is 0 Å². The summed E-state index contributed by atoms with van der Waals surface area (Å²) in [4.78, 5) is 26.0. The number of hydrogen-bond donors (Lipinski definition) is 1. The number of anilines is 1. The van der Waals surface area contributed by atoms with Crippen molar-refractivity contribution < 1.29 is 19.1 Å². The van der Waals surface area contributed by atoms with Gasteiger partial charge in [0.1, 0.15) is 10.8 Å². The molecule has 2 aromatic rings. The lowest BCUT2D eigenvalue weighted by Crippen LogP contribution is -2.30. The minimum atomic E-state index is -0.679. The van der Waals surface area contributed by atoms with Gasteiger partial charge in [0.25, 0.3) is 5.91 Å². The molecule has 0 bridgehead atoms. The first-order valence-corrected chi connectivity index (χ1v) is 9.58. The number of amides is 1. The Labute approximate surface area is 157 Å². The second-order valence-electron chi connectivity index (χ2n) is 6.47. The largest absolute Gasteiger partial charge is 0.481 e. The molecule has 1 aromatic heterocycles. The lowest BCUT2D eigenvalue weighted by Gasteiger charge is -2.15. The molecule has 3 rings (SSSR count). The van der Waals surface area contributed by atoms with Gasteiger partial charge in [0.15, 0.2) is 6.10 Å². The number of thiophene rings is 1. The number of benzene rings is 1. The molecule has 1 heterocycles. The highest BCUT2D eigenvalue weighted by molar-refractivity contribution is 7.17. The molecule has 138 valence electrons. The Hall–Kier alpha value is -2.34. The maximum atomic E-state index is 12.6. The van der Waals surface area contributed by atoms with Gasteiger partial charge >= 0.3 is 5.97 Å². The van der Waals surface area contributed by atoms with Crippen molar-refractivity contribution in [1.82, 2.24) is 0 Å². The third-order valence-electron chi connectivity index (χ3n) is 4.47. The quantitative estimate of drug-likeness (QED) is 0.801. The third-order valence-corrected chi connectivity index (χ3v) is 5.68. The molecule has 1 aromatic carbocycles. The molecule has 5 nitrogen and oxygen atoms in total. The second kappa shape index (κ2) is 7.91. The fourth-order valence-corrected chi connectivity index (χ4v) is 4.41. The summed E-state index contributed by atoms with van der Waals surface area (Å²) in [5.41, 5.74) is 2.59. The van der Waals surface area contributed by atoms with Gasteiger partial charge in [-0.15, -0.1) is 11.3 Å². The van der Waals surface area contributed by atoms with E-state index in [0.29, 0.717) is 16.3 Å². The van der Waals surface area contributed by atoms with Gasteiger partial charge in [0.2, 0.25) is 0 Å². The normalized spacial score (nSPS) is 14.3. The van der Waals surface area contributed by atoms with E-state index in [0.717, 1.165) is 36.8 Å². The fraction of sp³-hybridized carbons (Fsp3) is 0.400. The highest BCUT2D eigenvalue weighted by Gasteiger charge is 2.28. The maximum absolute atomic E-state index is 12.6. The highest BCUT2D eigenvalue weighted by Crippen LogP contribution is 2.38. The molecule has 0 saturated carbocycles. The van der Waals surface area contributed by atoms with Crippen LogP contribution in [0, 0.1) is 6.92 Å². The van der Waals surface area contributed by atoms with Crippen molar-refractivity contribution in [3.8, 4) is 5.75 Å². The first kappa shape index (κ1) is 18.5. The van der Waals surface area contributed by atoms with Gasteiger partial charge in [-0.2, -0.15) is 0 Å². The van der Waals surface area contributed by atoms with Gasteiger partial charge in [-0.1, -0.05) is 12.1 Å². The van der Waals surface area contributed by atoms with Crippen molar-refractivity contribution >= 4 is 28.2 Å². The van der Waals surface area contributed by atoms with E-state index in [2.05, 4.69) is 5.32 Å². The molecule has 6 heteroatoms. The number of aryl methyl sites for hydroxylation is 2. The summed E-state index contributed by atoms with van der Waals surface area (Å²) >= 11 is 1.47. The molecular weight excluding hydrogens is 350 g/mol. The lowest BCUT2D eigenvalue weighted by atomic mass is 9.95. The number of rotatable bonds is 5. The molecule has 1 aliphatic rings. The Bertz CT molecular complexity index is 827. The Balaban J connectivity index is 1.78. The van der Waals surface area contributed by atoms with Crippen LogP contribution in [0.3, 0.4) is 0 Å². The van der Waals surface area contributed by atoms with E-state index in [9.17, 15) is 9.59 Å². The van der Waals surface area contributed by atoms with Gasteiger partial charge in [-0.25, -0.2) is 4.79 Å². The Morgan fingerprint density at radius 3 is 2.73 bits per heavy atom. The van der Waals surface area contributed by atoms with E-state index in [-0.39, 0.29) is 5.91 Å². The van der Waals surface area contributed by atoms with Crippen LogP contribution in [0.4, 0.5) is 5.00 Å². The minimum absolute atomic E-state index is 0.282. The predicted octanol–water partition coefficient (Wildman–Crippen LogP) is 4.13. The summed E-state index contributed by atoms with van der Waals surface area (Å²) in [5.74, 6) is -0.0338. The summed E-state index contributed by atoms with van der Waals surface area (Å²) in [5, 5.41) is 3.43. The van der Waals surface area contributed by atoms with Crippen LogP contribution in [0.25, 0.3) is 0 Å².